The third-order valence-electron chi connectivity index (χ3n) is 5.15. The molecular weight excluding hydrogens is 376 g/mol. The SMILES string of the molecule is CCc1nnc(Nc2cccc([C@H]3CCCN3C(=O)CN3CCOCC3)n2)s1. The first-order valence-corrected chi connectivity index (χ1v) is 10.7. The number of pyridine rings is 1. The molecule has 2 fully saturated rings. The van der Waals surface area contributed by atoms with Crippen molar-refractivity contribution < 1.29 is 9.53 Å². The number of aryl methyl sites for hydroxylation is 1. The van der Waals surface area contributed by atoms with Crippen molar-refractivity contribution in [3.05, 3.63) is 28.9 Å². The van der Waals surface area contributed by atoms with Gasteiger partial charge in [-0.1, -0.05) is 24.3 Å². The molecule has 0 aromatic carbocycles. The lowest BCUT2D eigenvalue weighted by Crippen LogP contribution is -2.44. The van der Waals surface area contributed by atoms with Crippen LogP contribution in [0.3, 0.4) is 0 Å². The lowest BCUT2D eigenvalue weighted by atomic mass is 10.1. The monoisotopic (exact) mass is 402 g/mol. The van der Waals surface area contributed by atoms with E-state index in [-0.39, 0.29) is 11.9 Å². The highest BCUT2D eigenvalue weighted by molar-refractivity contribution is 7.15. The highest BCUT2D eigenvalue weighted by atomic mass is 32.1. The Hall–Kier alpha value is -2.10. The fourth-order valence-corrected chi connectivity index (χ4v) is 4.36. The van der Waals surface area contributed by atoms with Crippen LogP contribution in [-0.2, 0) is 16.0 Å². The van der Waals surface area contributed by atoms with Gasteiger partial charge >= 0.3 is 0 Å². The van der Waals surface area contributed by atoms with Gasteiger partial charge in [0.05, 0.1) is 31.5 Å². The number of carbonyl (C=O) groups is 1. The second kappa shape index (κ2) is 8.93. The van der Waals surface area contributed by atoms with E-state index in [4.69, 9.17) is 9.72 Å². The first kappa shape index (κ1) is 19.2. The van der Waals surface area contributed by atoms with Crippen LogP contribution in [-0.4, -0.2) is 70.3 Å². The van der Waals surface area contributed by atoms with Gasteiger partial charge in [-0.05, 0) is 31.4 Å². The summed E-state index contributed by atoms with van der Waals surface area (Å²) in [6.07, 6.45) is 2.83. The van der Waals surface area contributed by atoms with Crippen LogP contribution >= 0.6 is 11.3 Å². The van der Waals surface area contributed by atoms with Gasteiger partial charge in [0.15, 0.2) is 0 Å². The maximum atomic E-state index is 12.9. The summed E-state index contributed by atoms with van der Waals surface area (Å²) in [6.45, 7) is 6.37. The van der Waals surface area contributed by atoms with Crippen LogP contribution in [0.25, 0.3) is 0 Å². The molecular formula is C19H26N6O2S. The van der Waals surface area contributed by atoms with E-state index in [0.29, 0.717) is 19.8 Å². The molecule has 0 spiro atoms. The summed E-state index contributed by atoms with van der Waals surface area (Å²) < 4.78 is 5.38. The van der Waals surface area contributed by atoms with E-state index in [0.717, 1.165) is 60.5 Å². The molecule has 8 nitrogen and oxygen atoms in total. The largest absolute Gasteiger partial charge is 0.379 e. The lowest BCUT2D eigenvalue weighted by molar-refractivity contribution is -0.134. The molecule has 0 radical (unpaired) electrons. The van der Waals surface area contributed by atoms with E-state index in [1.807, 2.05) is 23.1 Å². The Bertz CT molecular complexity index is 807. The second-order valence-corrected chi connectivity index (χ2v) is 8.12. The summed E-state index contributed by atoms with van der Waals surface area (Å²) in [6, 6.07) is 5.95. The number of hydrogen-bond acceptors (Lipinski definition) is 8. The summed E-state index contributed by atoms with van der Waals surface area (Å²) in [5.74, 6) is 0.921. The molecule has 1 N–H and O–H groups in total. The number of ether oxygens (including phenoxy) is 1. The Balaban J connectivity index is 1.44. The van der Waals surface area contributed by atoms with Gasteiger partial charge in [0.1, 0.15) is 10.8 Å². The van der Waals surface area contributed by atoms with E-state index in [9.17, 15) is 4.79 Å². The highest BCUT2D eigenvalue weighted by Gasteiger charge is 2.32. The lowest BCUT2D eigenvalue weighted by Gasteiger charge is -2.30. The summed E-state index contributed by atoms with van der Waals surface area (Å²) in [4.78, 5) is 21.8. The van der Waals surface area contributed by atoms with Crippen LogP contribution in [0.2, 0.25) is 0 Å². The molecule has 0 unspecified atom stereocenters. The third-order valence-corrected chi connectivity index (χ3v) is 6.14. The predicted molar refractivity (Wildman–Crippen MR) is 108 cm³/mol. The minimum absolute atomic E-state index is 0.0379. The molecule has 1 amide bonds. The maximum absolute atomic E-state index is 12.9. The van der Waals surface area contributed by atoms with Gasteiger partial charge in [-0.2, -0.15) is 0 Å². The molecule has 2 saturated heterocycles. The van der Waals surface area contributed by atoms with Gasteiger partial charge in [-0.3, -0.25) is 9.69 Å². The molecule has 2 aliphatic rings. The molecule has 0 saturated carbocycles. The van der Waals surface area contributed by atoms with Crippen molar-refractivity contribution in [2.45, 2.75) is 32.2 Å². The van der Waals surface area contributed by atoms with Gasteiger partial charge in [-0.15, -0.1) is 10.2 Å². The number of rotatable bonds is 6. The smallest absolute Gasteiger partial charge is 0.237 e. The number of hydrogen-bond donors (Lipinski definition) is 1. The number of amides is 1. The topological polar surface area (TPSA) is 83.5 Å². The Labute approximate surface area is 168 Å². The standard InChI is InChI=1S/C19H26N6O2S/c1-2-17-22-23-19(28-17)21-16-7-3-5-14(20-16)15-6-4-8-25(15)18(26)13-24-9-11-27-12-10-24/h3,5,7,15H,2,4,6,8-13H2,1H3,(H,20,21,23)/t15-/m1/s1. The fourth-order valence-electron chi connectivity index (χ4n) is 3.68. The zero-order chi connectivity index (χ0) is 19.3. The minimum Gasteiger partial charge on any atom is -0.379 e. The van der Waals surface area contributed by atoms with E-state index in [1.165, 1.54) is 11.3 Å². The molecule has 9 heteroatoms. The Morgan fingerprint density at radius 1 is 1.29 bits per heavy atom. The Morgan fingerprint density at radius 2 is 2.14 bits per heavy atom. The van der Waals surface area contributed by atoms with Crippen molar-refractivity contribution in [3.8, 4) is 0 Å². The first-order chi connectivity index (χ1) is 13.7. The molecule has 0 aliphatic carbocycles. The average molecular weight is 403 g/mol. The number of aromatic nitrogens is 3. The van der Waals surface area contributed by atoms with Gasteiger partial charge in [0.25, 0.3) is 0 Å². The van der Waals surface area contributed by atoms with Crippen molar-refractivity contribution in [2.75, 3.05) is 44.7 Å². The van der Waals surface area contributed by atoms with Crippen molar-refractivity contribution in [2.24, 2.45) is 0 Å². The van der Waals surface area contributed by atoms with E-state index < -0.39 is 0 Å². The maximum Gasteiger partial charge on any atom is 0.237 e. The molecule has 4 rings (SSSR count). The predicted octanol–water partition coefficient (Wildman–Crippen LogP) is 2.23. The molecule has 150 valence electrons. The van der Waals surface area contributed by atoms with Gasteiger partial charge in [0.2, 0.25) is 11.0 Å². The number of morpholine rings is 1. The van der Waals surface area contributed by atoms with Crippen molar-refractivity contribution in [3.63, 3.8) is 0 Å². The minimum atomic E-state index is 0.0379. The Kier molecular flexibility index (Phi) is 6.13. The van der Waals surface area contributed by atoms with Crippen LogP contribution in [0.1, 0.15) is 36.5 Å². The quantitative estimate of drug-likeness (QED) is 0.793. The number of nitrogens with one attached hydrogen (secondary N) is 1. The number of likely N-dealkylation sites (tertiary alicyclic amines) is 1. The van der Waals surface area contributed by atoms with Gasteiger partial charge < -0.3 is 15.0 Å². The summed E-state index contributed by atoms with van der Waals surface area (Å²) in [5.41, 5.74) is 0.929. The molecule has 1 atom stereocenters. The van der Waals surface area contributed by atoms with Crippen LogP contribution in [0.15, 0.2) is 18.2 Å². The van der Waals surface area contributed by atoms with Crippen molar-refractivity contribution >= 4 is 28.2 Å². The molecule has 2 aliphatic heterocycles. The highest BCUT2D eigenvalue weighted by Crippen LogP contribution is 2.32. The van der Waals surface area contributed by atoms with E-state index in [1.54, 1.807) is 0 Å². The van der Waals surface area contributed by atoms with Gasteiger partial charge in [-0.25, -0.2) is 4.98 Å². The number of anilines is 2. The van der Waals surface area contributed by atoms with E-state index in [2.05, 4.69) is 27.3 Å². The molecule has 28 heavy (non-hydrogen) atoms. The third kappa shape index (κ3) is 4.48. The summed E-state index contributed by atoms with van der Waals surface area (Å²) in [5, 5.41) is 13.3. The second-order valence-electron chi connectivity index (χ2n) is 7.06. The van der Waals surface area contributed by atoms with E-state index >= 15 is 0 Å². The van der Waals surface area contributed by atoms with Crippen molar-refractivity contribution in [1.82, 2.24) is 25.0 Å². The number of nitrogens with zero attached hydrogens (tertiary/aromatic N) is 5. The fraction of sp³-hybridized carbons (Fsp3) is 0.579. The summed E-state index contributed by atoms with van der Waals surface area (Å²) >= 11 is 1.54. The molecule has 2 aromatic heterocycles. The van der Waals surface area contributed by atoms with Crippen LogP contribution in [0, 0.1) is 0 Å². The van der Waals surface area contributed by atoms with Gasteiger partial charge in [0, 0.05) is 19.6 Å². The molecule has 2 aromatic rings. The average Bonchev–Trinajstić information content (AvgIpc) is 3.38. The zero-order valence-electron chi connectivity index (χ0n) is 16.1. The van der Waals surface area contributed by atoms with Crippen molar-refractivity contribution in [1.29, 1.82) is 0 Å². The summed E-state index contributed by atoms with van der Waals surface area (Å²) in [7, 11) is 0. The molecule has 4 heterocycles. The molecule has 0 bridgehead atoms. The van der Waals surface area contributed by atoms with Crippen LogP contribution in [0.5, 0.6) is 0 Å². The number of carbonyl (C=O) groups excluding carboxylic acids is 1. The van der Waals surface area contributed by atoms with Crippen LogP contribution in [0.4, 0.5) is 10.9 Å². The first-order valence-electron chi connectivity index (χ1n) is 9.89. The normalized spacial score (nSPS) is 20.5. The van der Waals surface area contributed by atoms with Crippen LogP contribution < -0.4 is 5.32 Å². The Morgan fingerprint density at radius 3 is 2.93 bits per heavy atom. The zero-order valence-corrected chi connectivity index (χ0v) is 17.0.